The Labute approximate surface area is 128 Å². The minimum Gasteiger partial charge on any atom is -0.310 e. The molecule has 2 rings (SSSR count). The molecule has 0 aromatic heterocycles. The summed E-state index contributed by atoms with van der Waals surface area (Å²) in [4.78, 5) is 0. The number of halogens is 3. The molecular formula is C17H18ClF2N. The molecule has 4 heteroatoms. The fraction of sp³-hybridized carbons (Fsp3) is 0.294. The fourth-order valence-corrected chi connectivity index (χ4v) is 2.74. The summed E-state index contributed by atoms with van der Waals surface area (Å²) in [6.07, 6.45) is 0.484. The van der Waals surface area contributed by atoms with Crippen molar-refractivity contribution in [3.8, 4) is 0 Å². The number of hydrogen-bond donors (Lipinski definition) is 1. The van der Waals surface area contributed by atoms with Crippen molar-refractivity contribution in [1.82, 2.24) is 5.32 Å². The van der Waals surface area contributed by atoms with Crippen molar-refractivity contribution in [1.29, 1.82) is 0 Å². The first-order valence-corrected chi connectivity index (χ1v) is 7.33. The highest BCUT2D eigenvalue weighted by molar-refractivity contribution is 6.31. The van der Waals surface area contributed by atoms with Crippen molar-refractivity contribution >= 4 is 11.6 Å². The van der Waals surface area contributed by atoms with Crippen molar-refractivity contribution in [2.45, 2.75) is 26.3 Å². The van der Waals surface area contributed by atoms with Gasteiger partial charge in [-0.05, 0) is 55.3 Å². The number of likely N-dealkylation sites (N-methyl/N-ethyl adjacent to an activating group) is 1. The average molecular weight is 310 g/mol. The Hall–Kier alpha value is -1.45. The Kier molecular flexibility index (Phi) is 5.32. The van der Waals surface area contributed by atoms with Crippen LogP contribution in [0.25, 0.3) is 0 Å². The van der Waals surface area contributed by atoms with Gasteiger partial charge in [0.1, 0.15) is 11.6 Å². The Morgan fingerprint density at radius 1 is 1.19 bits per heavy atom. The summed E-state index contributed by atoms with van der Waals surface area (Å²) in [5.74, 6) is -0.631. The van der Waals surface area contributed by atoms with E-state index in [2.05, 4.69) is 5.32 Å². The van der Waals surface area contributed by atoms with E-state index in [1.807, 2.05) is 13.8 Å². The Morgan fingerprint density at radius 2 is 1.95 bits per heavy atom. The minimum absolute atomic E-state index is 0.287. The van der Waals surface area contributed by atoms with Gasteiger partial charge >= 0.3 is 0 Å². The van der Waals surface area contributed by atoms with Gasteiger partial charge < -0.3 is 5.32 Å². The van der Waals surface area contributed by atoms with Crippen molar-refractivity contribution in [3.63, 3.8) is 0 Å². The SMILES string of the molecule is CCNC(Cc1cc(F)ccc1C)c1c(F)cccc1Cl. The zero-order valence-corrected chi connectivity index (χ0v) is 12.8. The molecule has 1 nitrogen and oxygen atoms in total. The lowest BCUT2D eigenvalue weighted by molar-refractivity contribution is 0.508. The maximum Gasteiger partial charge on any atom is 0.129 e. The molecule has 0 saturated heterocycles. The van der Waals surface area contributed by atoms with E-state index in [0.29, 0.717) is 23.6 Å². The highest BCUT2D eigenvalue weighted by Gasteiger charge is 2.19. The molecule has 0 aliphatic rings. The molecule has 0 bridgehead atoms. The Balaban J connectivity index is 2.38. The molecule has 0 amide bonds. The molecule has 0 aliphatic carbocycles. The van der Waals surface area contributed by atoms with Gasteiger partial charge in [-0.15, -0.1) is 0 Å². The van der Waals surface area contributed by atoms with Crippen LogP contribution in [0.1, 0.15) is 29.7 Å². The summed E-state index contributed by atoms with van der Waals surface area (Å²) in [5.41, 5.74) is 2.26. The van der Waals surface area contributed by atoms with Crippen LogP contribution >= 0.6 is 11.6 Å². The highest BCUT2D eigenvalue weighted by atomic mass is 35.5. The summed E-state index contributed by atoms with van der Waals surface area (Å²) < 4.78 is 27.5. The lowest BCUT2D eigenvalue weighted by Crippen LogP contribution is -2.24. The van der Waals surface area contributed by atoms with Gasteiger partial charge in [-0.3, -0.25) is 0 Å². The number of aryl methyl sites for hydroxylation is 1. The van der Waals surface area contributed by atoms with E-state index >= 15 is 0 Å². The molecule has 1 unspecified atom stereocenters. The van der Waals surface area contributed by atoms with Gasteiger partial charge in [0.2, 0.25) is 0 Å². The summed E-state index contributed by atoms with van der Waals surface area (Å²) in [6.45, 7) is 4.53. The normalized spacial score (nSPS) is 12.4. The van der Waals surface area contributed by atoms with Crippen LogP contribution in [0.15, 0.2) is 36.4 Å². The molecule has 2 aromatic rings. The first-order valence-electron chi connectivity index (χ1n) is 6.95. The topological polar surface area (TPSA) is 12.0 Å². The second-order valence-electron chi connectivity index (χ2n) is 5.02. The van der Waals surface area contributed by atoms with E-state index in [9.17, 15) is 8.78 Å². The molecule has 0 radical (unpaired) electrons. The predicted octanol–water partition coefficient (Wildman–Crippen LogP) is 4.82. The van der Waals surface area contributed by atoms with Crippen molar-refractivity contribution in [2.24, 2.45) is 0 Å². The number of benzene rings is 2. The Bertz CT molecular complexity index is 608. The zero-order chi connectivity index (χ0) is 15.4. The molecule has 1 N–H and O–H groups in total. The molecular weight excluding hydrogens is 292 g/mol. The first kappa shape index (κ1) is 15.9. The van der Waals surface area contributed by atoms with Gasteiger partial charge in [0, 0.05) is 16.6 Å². The number of rotatable bonds is 5. The van der Waals surface area contributed by atoms with Crippen LogP contribution in [0.3, 0.4) is 0 Å². The molecule has 0 aliphatic heterocycles. The molecule has 112 valence electrons. The molecule has 0 spiro atoms. The lowest BCUT2D eigenvalue weighted by atomic mass is 9.95. The van der Waals surface area contributed by atoms with E-state index in [-0.39, 0.29) is 17.7 Å². The third-order valence-electron chi connectivity index (χ3n) is 3.53. The van der Waals surface area contributed by atoms with Gasteiger partial charge in [-0.25, -0.2) is 8.78 Å². The van der Waals surface area contributed by atoms with Crippen LogP contribution in [-0.2, 0) is 6.42 Å². The monoisotopic (exact) mass is 309 g/mol. The van der Waals surface area contributed by atoms with Gasteiger partial charge in [-0.2, -0.15) is 0 Å². The quantitative estimate of drug-likeness (QED) is 0.835. The van der Waals surface area contributed by atoms with E-state index in [4.69, 9.17) is 11.6 Å². The second-order valence-corrected chi connectivity index (χ2v) is 5.43. The minimum atomic E-state index is -0.345. The molecule has 0 saturated carbocycles. The molecule has 21 heavy (non-hydrogen) atoms. The van der Waals surface area contributed by atoms with Crippen LogP contribution in [0.5, 0.6) is 0 Å². The smallest absolute Gasteiger partial charge is 0.129 e. The molecule has 2 aromatic carbocycles. The fourth-order valence-electron chi connectivity index (χ4n) is 2.45. The maximum absolute atomic E-state index is 14.1. The van der Waals surface area contributed by atoms with E-state index in [1.165, 1.54) is 18.2 Å². The third kappa shape index (κ3) is 3.80. The number of nitrogens with one attached hydrogen (secondary N) is 1. The van der Waals surface area contributed by atoms with Gasteiger partial charge in [0.15, 0.2) is 0 Å². The van der Waals surface area contributed by atoms with Crippen LogP contribution < -0.4 is 5.32 Å². The highest BCUT2D eigenvalue weighted by Crippen LogP contribution is 2.29. The van der Waals surface area contributed by atoms with E-state index < -0.39 is 0 Å². The van der Waals surface area contributed by atoms with Gasteiger partial charge in [0.05, 0.1) is 0 Å². The predicted molar refractivity (Wildman–Crippen MR) is 82.7 cm³/mol. The van der Waals surface area contributed by atoms with Crippen LogP contribution in [0, 0.1) is 18.6 Å². The third-order valence-corrected chi connectivity index (χ3v) is 3.86. The average Bonchev–Trinajstić information content (AvgIpc) is 2.43. The molecule has 1 atom stereocenters. The molecule has 0 fully saturated rings. The van der Waals surface area contributed by atoms with Gasteiger partial charge in [-0.1, -0.05) is 30.7 Å². The van der Waals surface area contributed by atoms with E-state index in [1.54, 1.807) is 18.2 Å². The van der Waals surface area contributed by atoms with E-state index in [0.717, 1.165) is 11.1 Å². The van der Waals surface area contributed by atoms with Gasteiger partial charge in [0.25, 0.3) is 0 Å². The number of hydrogen-bond acceptors (Lipinski definition) is 1. The maximum atomic E-state index is 14.1. The summed E-state index contributed by atoms with van der Waals surface area (Å²) >= 11 is 6.14. The standard InChI is InChI=1S/C17H18ClF2N/c1-3-21-16(17-14(18)5-4-6-15(17)20)10-12-9-13(19)8-7-11(12)2/h4-9,16,21H,3,10H2,1-2H3. The zero-order valence-electron chi connectivity index (χ0n) is 12.1. The first-order chi connectivity index (χ1) is 10.0. The summed E-state index contributed by atoms with van der Waals surface area (Å²) in [6, 6.07) is 9.01. The Morgan fingerprint density at radius 3 is 2.62 bits per heavy atom. The van der Waals surface area contributed by atoms with Crippen molar-refractivity contribution in [3.05, 3.63) is 69.7 Å². The summed E-state index contributed by atoms with van der Waals surface area (Å²) in [7, 11) is 0. The lowest BCUT2D eigenvalue weighted by Gasteiger charge is -2.21. The van der Waals surface area contributed by atoms with Crippen LogP contribution in [0.4, 0.5) is 8.78 Å². The van der Waals surface area contributed by atoms with Crippen molar-refractivity contribution < 1.29 is 8.78 Å². The van der Waals surface area contributed by atoms with Crippen LogP contribution in [-0.4, -0.2) is 6.54 Å². The largest absolute Gasteiger partial charge is 0.310 e. The second kappa shape index (κ2) is 7.01. The molecule has 0 heterocycles. The van der Waals surface area contributed by atoms with Crippen molar-refractivity contribution in [2.75, 3.05) is 6.54 Å². The summed E-state index contributed by atoms with van der Waals surface area (Å²) in [5, 5.41) is 3.61. The van der Waals surface area contributed by atoms with Crippen LogP contribution in [0.2, 0.25) is 5.02 Å².